The van der Waals surface area contributed by atoms with Gasteiger partial charge in [0, 0.05) is 11.8 Å². The highest BCUT2D eigenvalue weighted by Crippen LogP contribution is 2.29. The average molecular weight is 329 g/mol. The molecule has 122 valence electrons. The van der Waals surface area contributed by atoms with E-state index in [-0.39, 0.29) is 5.56 Å². The fourth-order valence-corrected chi connectivity index (χ4v) is 2.34. The topological polar surface area (TPSA) is 35.2 Å². The number of hydrogen-bond donors (Lipinski definition) is 1. The Labute approximate surface area is 137 Å². The van der Waals surface area contributed by atoms with Crippen LogP contribution in [0.5, 0.6) is 5.75 Å². The summed E-state index contributed by atoms with van der Waals surface area (Å²) in [5, 5.41) is 0. The number of anilines is 1. The van der Waals surface area contributed by atoms with Crippen LogP contribution in [0.15, 0.2) is 60.7 Å². The monoisotopic (exact) mass is 329 g/mol. The summed E-state index contributed by atoms with van der Waals surface area (Å²) in [4.78, 5) is 0. The highest BCUT2D eigenvalue weighted by Gasteiger charge is 2.12. The lowest BCUT2D eigenvalue weighted by Gasteiger charge is -2.10. The molecule has 0 heterocycles. The van der Waals surface area contributed by atoms with Crippen molar-refractivity contribution in [2.24, 2.45) is 0 Å². The Balaban J connectivity index is 1.89. The van der Waals surface area contributed by atoms with Crippen molar-refractivity contribution in [2.75, 3.05) is 5.73 Å². The summed E-state index contributed by atoms with van der Waals surface area (Å²) in [7, 11) is 0. The smallest absolute Gasteiger partial charge is 0.194 e. The molecule has 2 N–H and O–H groups in total. The average Bonchev–Trinajstić information content (AvgIpc) is 2.58. The van der Waals surface area contributed by atoms with Crippen molar-refractivity contribution in [2.45, 2.75) is 6.61 Å². The predicted octanol–water partition coefficient (Wildman–Crippen LogP) is 4.93. The van der Waals surface area contributed by atoms with Gasteiger partial charge in [-0.25, -0.2) is 13.2 Å². The summed E-state index contributed by atoms with van der Waals surface area (Å²) in [6, 6.07) is 16.1. The lowest BCUT2D eigenvalue weighted by molar-refractivity contribution is 0.306. The van der Waals surface area contributed by atoms with Gasteiger partial charge >= 0.3 is 0 Å². The fraction of sp³-hybridized carbons (Fsp3) is 0.0526. The highest BCUT2D eigenvalue weighted by atomic mass is 19.2. The molecule has 24 heavy (non-hydrogen) atoms. The minimum Gasteiger partial charge on any atom is -0.489 e. The number of rotatable bonds is 4. The fourth-order valence-electron chi connectivity index (χ4n) is 2.34. The number of nitrogens with two attached hydrogens (primary N) is 1. The minimum absolute atomic E-state index is 0.184. The maximum atomic E-state index is 13.4. The molecule has 0 unspecified atom stereocenters. The molecule has 0 saturated heterocycles. The second-order valence-corrected chi connectivity index (χ2v) is 5.32. The van der Waals surface area contributed by atoms with Crippen LogP contribution in [0, 0.1) is 17.5 Å². The number of hydrogen-bond acceptors (Lipinski definition) is 2. The predicted molar refractivity (Wildman–Crippen MR) is 86.9 cm³/mol. The van der Waals surface area contributed by atoms with Gasteiger partial charge in [0.05, 0.1) is 0 Å². The lowest BCUT2D eigenvalue weighted by Crippen LogP contribution is -1.97. The summed E-state index contributed by atoms with van der Waals surface area (Å²) in [5.41, 5.74) is 7.80. The van der Waals surface area contributed by atoms with Gasteiger partial charge < -0.3 is 10.5 Å². The van der Waals surface area contributed by atoms with Crippen LogP contribution in [-0.4, -0.2) is 0 Å². The molecule has 0 aliphatic rings. The maximum Gasteiger partial charge on any atom is 0.194 e. The molecule has 0 radical (unpaired) electrons. The van der Waals surface area contributed by atoms with Crippen molar-refractivity contribution in [3.8, 4) is 16.9 Å². The van der Waals surface area contributed by atoms with E-state index in [0.717, 1.165) is 17.7 Å². The third-order valence-corrected chi connectivity index (χ3v) is 3.49. The van der Waals surface area contributed by atoms with Crippen LogP contribution in [0.4, 0.5) is 18.9 Å². The van der Waals surface area contributed by atoms with Gasteiger partial charge in [-0.2, -0.15) is 0 Å². The van der Waals surface area contributed by atoms with Crippen LogP contribution >= 0.6 is 0 Å². The zero-order valence-electron chi connectivity index (χ0n) is 12.6. The van der Waals surface area contributed by atoms with Crippen molar-refractivity contribution in [3.05, 3.63) is 83.7 Å². The summed E-state index contributed by atoms with van der Waals surface area (Å²) < 4.78 is 45.6. The quantitative estimate of drug-likeness (QED) is 0.544. The molecular weight excluding hydrogens is 315 g/mol. The van der Waals surface area contributed by atoms with E-state index >= 15 is 0 Å². The molecule has 0 aliphatic carbocycles. The van der Waals surface area contributed by atoms with Gasteiger partial charge in [0.2, 0.25) is 0 Å². The van der Waals surface area contributed by atoms with Crippen molar-refractivity contribution in [3.63, 3.8) is 0 Å². The first kappa shape index (κ1) is 15.9. The Bertz CT molecular complexity index is 843. The first-order valence-corrected chi connectivity index (χ1v) is 7.25. The molecular formula is C19H14F3NO. The summed E-state index contributed by atoms with van der Waals surface area (Å²) in [6.07, 6.45) is 0. The normalized spacial score (nSPS) is 10.6. The Morgan fingerprint density at radius 1 is 0.792 bits per heavy atom. The van der Waals surface area contributed by atoms with E-state index < -0.39 is 17.5 Å². The lowest BCUT2D eigenvalue weighted by atomic mass is 10.0. The molecule has 3 rings (SSSR count). The van der Waals surface area contributed by atoms with Crippen molar-refractivity contribution in [1.82, 2.24) is 0 Å². The molecule has 0 amide bonds. The molecule has 2 nitrogen and oxygen atoms in total. The van der Waals surface area contributed by atoms with Crippen molar-refractivity contribution < 1.29 is 17.9 Å². The molecule has 0 fully saturated rings. The number of benzene rings is 3. The summed E-state index contributed by atoms with van der Waals surface area (Å²) in [5.74, 6) is -3.54. The SMILES string of the molecule is Nc1cc(OCc2ccccc2)cc(-c2cc(F)c(F)c(F)c2)c1. The largest absolute Gasteiger partial charge is 0.489 e. The third kappa shape index (κ3) is 3.51. The van der Waals surface area contributed by atoms with Gasteiger partial charge in [0.25, 0.3) is 0 Å². The number of nitrogen functional groups attached to an aromatic ring is 1. The van der Waals surface area contributed by atoms with E-state index in [0.29, 0.717) is 23.6 Å². The van der Waals surface area contributed by atoms with E-state index in [1.54, 1.807) is 18.2 Å². The Kier molecular flexibility index (Phi) is 4.42. The number of ether oxygens (including phenoxy) is 1. The van der Waals surface area contributed by atoms with Gasteiger partial charge in [0.15, 0.2) is 17.5 Å². The second-order valence-electron chi connectivity index (χ2n) is 5.32. The second kappa shape index (κ2) is 6.66. The standard InChI is InChI=1S/C19H14F3NO/c20-17-8-14(9-18(21)19(17)22)13-6-15(23)10-16(7-13)24-11-12-4-2-1-3-5-12/h1-10H,11,23H2. The molecule has 0 spiro atoms. The van der Waals surface area contributed by atoms with Crippen LogP contribution in [0.25, 0.3) is 11.1 Å². The van der Waals surface area contributed by atoms with Crippen LogP contribution in [0.2, 0.25) is 0 Å². The van der Waals surface area contributed by atoms with E-state index in [4.69, 9.17) is 10.5 Å². The van der Waals surface area contributed by atoms with E-state index in [2.05, 4.69) is 0 Å². The van der Waals surface area contributed by atoms with Gasteiger partial charge in [-0.3, -0.25) is 0 Å². The van der Waals surface area contributed by atoms with E-state index in [1.165, 1.54) is 0 Å². The molecule has 0 saturated carbocycles. The first-order chi connectivity index (χ1) is 11.5. The van der Waals surface area contributed by atoms with Gasteiger partial charge in [-0.1, -0.05) is 30.3 Å². The molecule has 0 aliphatic heterocycles. The Morgan fingerprint density at radius 2 is 1.42 bits per heavy atom. The van der Waals surface area contributed by atoms with Crippen LogP contribution in [-0.2, 0) is 6.61 Å². The zero-order valence-corrected chi connectivity index (χ0v) is 12.6. The molecule has 5 heteroatoms. The van der Waals surface area contributed by atoms with Crippen LogP contribution < -0.4 is 10.5 Å². The van der Waals surface area contributed by atoms with Gasteiger partial charge in [-0.15, -0.1) is 0 Å². The molecule has 3 aromatic carbocycles. The highest BCUT2D eigenvalue weighted by molar-refractivity contribution is 5.69. The number of halogens is 3. The molecule has 3 aromatic rings. The first-order valence-electron chi connectivity index (χ1n) is 7.25. The zero-order chi connectivity index (χ0) is 17.1. The van der Waals surface area contributed by atoms with Crippen molar-refractivity contribution >= 4 is 5.69 Å². The summed E-state index contributed by atoms with van der Waals surface area (Å²) in [6.45, 7) is 0.329. The van der Waals surface area contributed by atoms with Gasteiger partial charge in [0.1, 0.15) is 12.4 Å². The van der Waals surface area contributed by atoms with E-state index in [9.17, 15) is 13.2 Å². The third-order valence-electron chi connectivity index (χ3n) is 3.49. The van der Waals surface area contributed by atoms with Gasteiger partial charge in [-0.05, 0) is 41.0 Å². The van der Waals surface area contributed by atoms with Crippen LogP contribution in [0.1, 0.15) is 5.56 Å². The maximum absolute atomic E-state index is 13.4. The molecule has 0 aromatic heterocycles. The van der Waals surface area contributed by atoms with E-state index in [1.807, 2.05) is 30.3 Å². The molecule has 0 atom stereocenters. The van der Waals surface area contributed by atoms with Crippen LogP contribution in [0.3, 0.4) is 0 Å². The Hall–Kier alpha value is -2.95. The summed E-state index contributed by atoms with van der Waals surface area (Å²) >= 11 is 0. The minimum atomic E-state index is -1.50. The Morgan fingerprint density at radius 3 is 2.08 bits per heavy atom. The molecule has 0 bridgehead atoms. The van der Waals surface area contributed by atoms with Crippen molar-refractivity contribution in [1.29, 1.82) is 0 Å².